The fraction of sp³-hybridized carbons (Fsp3) is 0.722. The number of thiazole rings is 1. The van der Waals surface area contributed by atoms with Gasteiger partial charge in [0.25, 0.3) is 0 Å². The molecule has 0 aliphatic carbocycles. The van der Waals surface area contributed by atoms with Gasteiger partial charge in [-0.15, -0.1) is 11.3 Å². The quantitative estimate of drug-likeness (QED) is 0.694. The lowest BCUT2D eigenvalue weighted by Gasteiger charge is -2.31. The van der Waals surface area contributed by atoms with E-state index in [4.69, 9.17) is 0 Å². The number of aryl methyl sites for hydroxylation is 2. The fourth-order valence-corrected chi connectivity index (χ4v) is 3.86. The van der Waals surface area contributed by atoms with Crippen molar-refractivity contribution in [3.05, 3.63) is 10.6 Å². The van der Waals surface area contributed by atoms with Gasteiger partial charge in [-0.2, -0.15) is 0 Å². The SMILES string of the molecule is CCCCCNC(=O)C1CCCN(CC(=O)Nc2nc(C)c(C)s2)C1. The van der Waals surface area contributed by atoms with Crippen LogP contribution in [0.25, 0.3) is 0 Å². The number of anilines is 1. The van der Waals surface area contributed by atoms with Gasteiger partial charge >= 0.3 is 0 Å². The van der Waals surface area contributed by atoms with Crippen molar-refractivity contribution in [2.24, 2.45) is 5.92 Å². The Kier molecular flexibility index (Phi) is 7.84. The maximum absolute atomic E-state index is 12.3. The van der Waals surface area contributed by atoms with Crippen LogP contribution in [0, 0.1) is 19.8 Å². The summed E-state index contributed by atoms with van der Waals surface area (Å²) in [7, 11) is 0. The Hall–Kier alpha value is -1.47. The molecule has 1 atom stereocenters. The minimum atomic E-state index is -0.0576. The van der Waals surface area contributed by atoms with Gasteiger partial charge in [-0.3, -0.25) is 14.5 Å². The number of aromatic nitrogens is 1. The molecule has 140 valence electrons. The lowest BCUT2D eigenvalue weighted by atomic mass is 9.97. The molecule has 1 saturated heterocycles. The van der Waals surface area contributed by atoms with Crippen molar-refractivity contribution in [3.63, 3.8) is 0 Å². The molecule has 1 aliphatic heterocycles. The molecule has 0 bridgehead atoms. The smallest absolute Gasteiger partial charge is 0.240 e. The summed E-state index contributed by atoms with van der Waals surface area (Å²) in [5, 5.41) is 6.56. The first kappa shape index (κ1) is 19.8. The summed E-state index contributed by atoms with van der Waals surface area (Å²) in [5.74, 6) is 0.0673. The molecule has 25 heavy (non-hydrogen) atoms. The second-order valence-corrected chi connectivity index (χ2v) is 7.98. The summed E-state index contributed by atoms with van der Waals surface area (Å²) in [4.78, 5) is 32.0. The number of carbonyl (C=O) groups is 2. The number of nitrogens with one attached hydrogen (secondary N) is 2. The molecule has 1 aliphatic rings. The van der Waals surface area contributed by atoms with Crippen molar-refractivity contribution in [1.29, 1.82) is 0 Å². The van der Waals surface area contributed by atoms with Crippen molar-refractivity contribution >= 4 is 28.3 Å². The van der Waals surface area contributed by atoms with Crippen LogP contribution < -0.4 is 10.6 Å². The van der Waals surface area contributed by atoms with Crippen LogP contribution in [0.1, 0.15) is 49.6 Å². The number of likely N-dealkylation sites (tertiary alicyclic amines) is 1. The predicted octanol–water partition coefficient (Wildman–Crippen LogP) is 2.72. The summed E-state index contributed by atoms with van der Waals surface area (Å²) in [6, 6.07) is 0. The number of nitrogens with zero attached hydrogens (tertiary/aromatic N) is 2. The van der Waals surface area contributed by atoms with Crippen LogP contribution in [0.3, 0.4) is 0 Å². The third-order valence-corrected chi connectivity index (χ3v) is 5.59. The van der Waals surface area contributed by atoms with E-state index < -0.39 is 0 Å². The molecule has 0 saturated carbocycles. The zero-order valence-corrected chi connectivity index (χ0v) is 16.4. The van der Waals surface area contributed by atoms with E-state index in [1.807, 2.05) is 13.8 Å². The van der Waals surface area contributed by atoms with Crippen molar-refractivity contribution in [2.75, 3.05) is 31.5 Å². The first-order chi connectivity index (χ1) is 12.0. The van der Waals surface area contributed by atoms with Crippen molar-refractivity contribution in [1.82, 2.24) is 15.2 Å². The fourth-order valence-electron chi connectivity index (χ4n) is 3.03. The Bertz CT molecular complexity index is 568. The number of unbranched alkanes of at least 4 members (excludes halogenated alkanes) is 2. The third-order valence-electron chi connectivity index (χ3n) is 4.60. The molecule has 6 nitrogen and oxygen atoms in total. The summed E-state index contributed by atoms with van der Waals surface area (Å²) < 4.78 is 0. The molecular weight excluding hydrogens is 336 g/mol. The number of rotatable bonds is 8. The zero-order chi connectivity index (χ0) is 18.2. The summed E-state index contributed by atoms with van der Waals surface area (Å²) >= 11 is 1.50. The molecular formula is C18H30N4O2S. The second-order valence-electron chi connectivity index (χ2n) is 6.78. The van der Waals surface area contributed by atoms with Gasteiger partial charge in [-0.05, 0) is 39.7 Å². The highest BCUT2D eigenvalue weighted by Crippen LogP contribution is 2.21. The van der Waals surface area contributed by atoms with E-state index in [1.54, 1.807) is 0 Å². The standard InChI is InChI=1S/C18H30N4O2S/c1-4-5-6-9-19-17(24)15-8-7-10-22(11-15)12-16(23)21-18-20-13(2)14(3)25-18/h15H,4-12H2,1-3H3,(H,19,24)(H,20,21,23). The van der Waals surface area contributed by atoms with Crippen LogP contribution >= 0.6 is 11.3 Å². The summed E-state index contributed by atoms with van der Waals surface area (Å²) in [6.45, 7) is 8.68. The minimum Gasteiger partial charge on any atom is -0.356 e. The highest BCUT2D eigenvalue weighted by molar-refractivity contribution is 7.15. The molecule has 1 fully saturated rings. The molecule has 2 amide bonds. The van der Waals surface area contributed by atoms with Gasteiger partial charge in [-0.25, -0.2) is 4.98 Å². The van der Waals surface area contributed by atoms with Crippen molar-refractivity contribution in [2.45, 2.75) is 52.9 Å². The number of piperidine rings is 1. The van der Waals surface area contributed by atoms with Gasteiger partial charge in [0.2, 0.25) is 11.8 Å². The Morgan fingerprint density at radius 1 is 1.32 bits per heavy atom. The number of amides is 2. The predicted molar refractivity (Wildman–Crippen MR) is 102 cm³/mol. The maximum atomic E-state index is 12.3. The largest absolute Gasteiger partial charge is 0.356 e. The lowest BCUT2D eigenvalue weighted by molar-refractivity contribution is -0.127. The van der Waals surface area contributed by atoms with E-state index in [1.165, 1.54) is 11.3 Å². The van der Waals surface area contributed by atoms with E-state index >= 15 is 0 Å². The van der Waals surface area contributed by atoms with Crippen molar-refractivity contribution < 1.29 is 9.59 Å². The van der Waals surface area contributed by atoms with Crippen molar-refractivity contribution in [3.8, 4) is 0 Å². The normalized spacial score (nSPS) is 18.1. The van der Waals surface area contributed by atoms with E-state index in [2.05, 4.69) is 27.4 Å². The van der Waals surface area contributed by atoms with Crippen LogP contribution in [0.15, 0.2) is 0 Å². The van der Waals surface area contributed by atoms with Crippen LogP contribution in [0.4, 0.5) is 5.13 Å². The van der Waals surface area contributed by atoms with Gasteiger partial charge in [0.1, 0.15) is 0 Å². The Labute approximate surface area is 154 Å². The molecule has 0 radical (unpaired) electrons. The molecule has 2 heterocycles. The maximum Gasteiger partial charge on any atom is 0.240 e. The van der Waals surface area contributed by atoms with E-state index in [0.29, 0.717) is 18.2 Å². The second kappa shape index (κ2) is 9.87. The monoisotopic (exact) mass is 366 g/mol. The average molecular weight is 367 g/mol. The lowest BCUT2D eigenvalue weighted by Crippen LogP contribution is -2.45. The molecule has 7 heteroatoms. The van der Waals surface area contributed by atoms with E-state index in [0.717, 1.165) is 55.8 Å². The first-order valence-electron chi connectivity index (χ1n) is 9.23. The summed E-state index contributed by atoms with van der Waals surface area (Å²) in [6.07, 6.45) is 5.19. The van der Waals surface area contributed by atoms with Gasteiger partial charge in [0, 0.05) is 18.0 Å². The van der Waals surface area contributed by atoms with E-state index in [-0.39, 0.29) is 17.7 Å². The molecule has 0 spiro atoms. The molecule has 1 unspecified atom stereocenters. The number of hydrogen-bond acceptors (Lipinski definition) is 5. The Morgan fingerprint density at radius 2 is 2.12 bits per heavy atom. The molecule has 1 aromatic heterocycles. The summed E-state index contributed by atoms with van der Waals surface area (Å²) in [5.41, 5.74) is 0.957. The van der Waals surface area contributed by atoms with Gasteiger partial charge in [-0.1, -0.05) is 19.8 Å². The zero-order valence-electron chi connectivity index (χ0n) is 15.6. The third kappa shape index (κ3) is 6.40. The van der Waals surface area contributed by atoms with Gasteiger partial charge < -0.3 is 10.6 Å². The molecule has 0 aromatic carbocycles. The Balaban J connectivity index is 1.76. The van der Waals surface area contributed by atoms with Crippen LogP contribution in [-0.4, -0.2) is 47.9 Å². The Morgan fingerprint density at radius 3 is 2.80 bits per heavy atom. The molecule has 2 rings (SSSR count). The number of hydrogen-bond donors (Lipinski definition) is 2. The highest BCUT2D eigenvalue weighted by Gasteiger charge is 2.26. The van der Waals surface area contributed by atoms with Crippen LogP contribution in [-0.2, 0) is 9.59 Å². The van der Waals surface area contributed by atoms with Crippen LogP contribution in [0.5, 0.6) is 0 Å². The van der Waals surface area contributed by atoms with Crippen LogP contribution in [0.2, 0.25) is 0 Å². The highest BCUT2D eigenvalue weighted by atomic mass is 32.1. The minimum absolute atomic E-state index is 0.00692. The number of carbonyl (C=O) groups excluding carboxylic acids is 2. The van der Waals surface area contributed by atoms with Gasteiger partial charge in [0.15, 0.2) is 5.13 Å². The van der Waals surface area contributed by atoms with Gasteiger partial charge in [0.05, 0.1) is 18.2 Å². The average Bonchev–Trinajstić information content (AvgIpc) is 2.89. The van der Waals surface area contributed by atoms with E-state index in [9.17, 15) is 9.59 Å². The first-order valence-corrected chi connectivity index (χ1v) is 10.0. The molecule has 2 N–H and O–H groups in total. The molecule has 1 aromatic rings. The topological polar surface area (TPSA) is 74.3 Å².